The molecular formula is C17H15F6N2Sb. The van der Waals surface area contributed by atoms with Gasteiger partial charge in [-0.15, -0.1) is 0 Å². The van der Waals surface area contributed by atoms with Gasteiger partial charge in [-0.2, -0.15) is 5.26 Å². The van der Waals surface area contributed by atoms with Crippen molar-refractivity contribution >= 4 is 30.2 Å². The molecule has 0 bridgehead atoms. The van der Waals surface area contributed by atoms with Crippen LogP contribution in [0.4, 0.5) is 16.9 Å². The molecule has 1 aliphatic heterocycles. The van der Waals surface area contributed by atoms with E-state index in [2.05, 4.69) is 47.4 Å². The van der Waals surface area contributed by atoms with E-state index in [1.807, 2.05) is 30.5 Å². The van der Waals surface area contributed by atoms with Crippen molar-refractivity contribution in [2.75, 3.05) is 0 Å². The number of allylic oxidation sites excluding steroid dienone is 2. The molecule has 9 heteroatoms. The molecule has 1 atom stereocenters. The van der Waals surface area contributed by atoms with Crippen molar-refractivity contribution in [1.29, 1.82) is 5.26 Å². The van der Waals surface area contributed by atoms with Crippen LogP contribution in [-0.2, 0) is 6.54 Å². The monoisotopic (exact) mass is 482 g/mol. The topological polar surface area (TPSA) is 27.0 Å². The van der Waals surface area contributed by atoms with Crippen LogP contribution in [0.1, 0.15) is 6.99 Å². The first-order valence-corrected chi connectivity index (χ1v) is 13.2. The van der Waals surface area contributed by atoms with E-state index >= 15 is 0 Å². The summed E-state index contributed by atoms with van der Waals surface area (Å²) in [5.74, 6) is 0. The van der Waals surface area contributed by atoms with E-state index in [4.69, 9.17) is 0 Å². The van der Waals surface area contributed by atoms with Gasteiger partial charge in [0.05, 0.1) is 6.07 Å². The molecule has 0 aliphatic carbocycles. The minimum absolute atomic E-state index is 0. The Hall–Kier alpha value is -2.13. The number of fused-ring (bicyclic) bond motifs is 1. The van der Waals surface area contributed by atoms with Gasteiger partial charge in [0.2, 0.25) is 0 Å². The number of benzene rings is 2. The Balaban J connectivity index is 0.000000395. The van der Waals surface area contributed by atoms with Crippen LogP contribution >= 0.6 is 0 Å². The Labute approximate surface area is 150 Å². The molecule has 0 saturated carbocycles. The molecule has 1 aliphatic rings. The van der Waals surface area contributed by atoms with Gasteiger partial charge in [0.15, 0.2) is 0 Å². The summed E-state index contributed by atoms with van der Waals surface area (Å²) in [6.07, 6.45) is 7.80. The van der Waals surface area contributed by atoms with Gasteiger partial charge in [0, 0.05) is 12.7 Å². The van der Waals surface area contributed by atoms with Gasteiger partial charge >= 0.3 is 37.8 Å². The Morgan fingerprint density at radius 2 is 1.58 bits per heavy atom. The van der Waals surface area contributed by atoms with Crippen molar-refractivity contribution in [2.24, 2.45) is 0 Å². The fraction of sp³-hybridized carbons (Fsp3) is 0.118. The molecule has 0 spiro atoms. The predicted molar refractivity (Wildman–Crippen MR) is 90.7 cm³/mol. The smallest absolute Gasteiger partial charge is 1.00 e. The van der Waals surface area contributed by atoms with Crippen molar-refractivity contribution in [3.8, 4) is 6.07 Å². The average Bonchev–Trinajstić information content (AvgIpc) is 2.53. The second-order valence-electron chi connectivity index (χ2n) is 5.57. The third kappa shape index (κ3) is 7.40. The second-order valence-corrected chi connectivity index (χ2v) is 11.0. The number of hydrogen-bond acceptors (Lipinski definition) is 2. The minimum Gasteiger partial charge on any atom is 1.00 e. The maximum absolute atomic E-state index is 11.2. The molecule has 26 heavy (non-hydrogen) atoms. The van der Waals surface area contributed by atoms with E-state index in [0.717, 1.165) is 6.54 Å². The third-order valence-corrected chi connectivity index (χ3v) is 3.40. The molecular weight excluding hydrogens is 468 g/mol. The normalized spacial score (nSPS) is 19.1. The van der Waals surface area contributed by atoms with Crippen molar-refractivity contribution in [2.45, 2.75) is 12.6 Å². The molecule has 2 nitrogen and oxygen atoms in total. The fourth-order valence-corrected chi connectivity index (χ4v) is 2.43. The summed E-state index contributed by atoms with van der Waals surface area (Å²) >= 11 is -11.2. The van der Waals surface area contributed by atoms with Gasteiger partial charge in [-0.05, 0) is 28.5 Å². The predicted octanol–water partition coefficient (Wildman–Crippen LogP) is 5.87. The number of nitriles is 1. The zero-order chi connectivity index (χ0) is 19.5. The van der Waals surface area contributed by atoms with Crippen LogP contribution in [0.2, 0.25) is 0 Å². The molecule has 3 rings (SSSR count). The molecule has 0 amide bonds. The van der Waals surface area contributed by atoms with Crippen LogP contribution in [0.15, 0.2) is 66.9 Å². The van der Waals surface area contributed by atoms with Gasteiger partial charge in [-0.3, -0.25) is 0 Å². The van der Waals surface area contributed by atoms with Crippen molar-refractivity contribution in [3.63, 3.8) is 0 Å². The summed E-state index contributed by atoms with van der Waals surface area (Å²) < 4.78 is 59.6. The molecule has 1 unspecified atom stereocenters. The summed E-state index contributed by atoms with van der Waals surface area (Å²) in [4.78, 5) is 2.06. The third-order valence-electron chi connectivity index (χ3n) is 3.40. The molecule has 0 radical (unpaired) electrons. The van der Waals surface area contributed by atoms with E-state index in [1.165, 1.54) is 16.3 Å². The summed E-state index contributed by atoms with van der Waals surface area (Å²) in [5.41, 5.74) is 1.25. The van der Waals surface area contributed by atoms with Gasteiger partial charge < -0.3 is 4.90 Å². The van der Waals surface area contributed by atoms with E-state index in [0.29, 0.717) is 0 Å². The van der Waals surface area contributed by atoms with Crippen LogP contribution in [0, 0.1) is 11.3 Å². The maximum atomic E-state index is 9.93. The fourth-order valence-electron chi connectivity index (χ4n) is 2.43. The van der Waals surface area contributed by atoms with Gasteiger partial charge in [0.25, 0.3) is 0 Å². The van der Waals surface area contributed by atoms with Crippen molar-refractivity contribution in [1.82, 2.24) is 4.90 Å². The first kappa shape index (κ1) is 20.2. The molecule has 1 heterocycles. The van der Waals surface area contributed by atoms with Crippen LogP contribution in [0.25, 0.3) is 10.8 Å². The molecule has 0 saturated heterocycles. The number of hydrogen-bond donors (Lipinski definition) is 0. The van der Waals surface area contributed by atoms with Crippen LogP contribution in [-0.4, -0.2) is 30.4 Å². The summed E-state index contributed by atoms with van der Waals surface area (Å²) in [6.45, 7) is 0.750. The van der Waals surface area contributed by atoms with Crippen molar-refractivity contribution in [3.05, 3.63) is 72.5 Å². The Bertz CT molecular complexity index is 887. The minimum atomic E-state index is -11.2. The van der Waals surface area contributed by atoms with Gasteiger partial charge in [-0.25, -0.2) is 0 Å². The molecule has 2 aromatic rings. The largest absolute Gasteiger partial charge is 1.00 e. The van der Waals surface area contributed by atoms with Crippen LogP contribution in [0.3, 0.4) is 0 Å². The molecule has 0 aromatic heterocycles. The molecule has 140 valence electrons. The van der Waals surface area contributed by atoms with E-state index in [9.17, 15) is 22.1 Å². The standard InChI is InChI=1S/C17H14N2.6FH.Sb/c18-12-16-9-3-4-11-19(16)13-15-8-5-7-14-6-1-2-10-17(14)15;;;;;;;/h1-11,16H,13H2;6*1H;/q;;;;;;;+5/p-5. The second kappa shape index (κ2) is 6.55. The number of rotatable bonds is 2. The Morgan fingerprint density at radius 1 is 0.962 bits per heavy atom. The van der Waals surface area contributed by atoms with Crippen LogP contribution in [0.5, 0.6) is 0 Å². The Morgan fingerprint density at radius 3 is 2.23 bits per heavy atom. The zero-order valence-corrected chi connectivity index (χ0v) is 15.8. The quantitative estimate of drug-likeness (QED) is 0.395. The zero-order valence-electron chi connectivity index (χ0n) is 14.2. The number of halogens is 6. The van der Waals surface area contributed by atoms with E-state index < -0.39 is 19.5 Å². The Kier molecular flexibility index (Phi) is 5.08. The van der Waals surface area contributed by atoms with Crippen molar-refractivity contribution < 1.29 is 18.3 Å². The molecule has 0 N–H and O–H groups in total. The van der Waals surface area contributed by atoms with E-state index in [-0.39, 0.29) is 7.47 Å². The summed E-state index contributed by atoms with van der Waals surface area (Å²) in [5, 5.41) is 11.7. The average molecular weight is 483 g/mol. The molecule has 2 aromatic carbocycles. The molecule has 0 fully saturated rings. The number of nitrogens with zero attached hydrogens (tertiary/aromatic N) is 2. The van der Waals surface area contributed by atoms with Crippen LogP contribution < -0.4 is 0 Å². The van der Waals surface area contributed by atoms with Gasteiger partial charge in [0.1, 0.15) is 6.04 Å². The first-order chi connectivity index (χ1) is 11.8. The summed E-state index contributed by atoms with van der Waals surface area (Å²) in [6, 6.07) is 16.8. The first-order valence-electron chi connectivity index (χ1n) is 7.37. The summed E-state index contributed by atoms with van der Waals surface area (Å²) in [7, 11) is 0. The SMILES string of the molecule is N#CC1C=CC=CN1Cc1cccc2ccccc12.[F][Sb-]([F])([F])([F])([F])[F].[H+]. The van der Waals surface area contributed by atoms with E-state index in [1.54, 1.807) is 0 Å². The maximum Gasteiger partial charge on any atom is 1.00 e. The van der Waals surface area contributed by atoms with Gasteiger partial charge in [-0.1, -0.05) is 48.5 Å².